The summed E-state index contributed by atoms with van der Waals surface area (Å²) in [5, 5.41) is 17.5. The molecule has 0 saturated carbocycles. The fourth-order valence-corrected chi connectivity index (χ4v) is 1.34. The quantitative estimate of drug-likeness (QED) is 0.456. The Bertz CT molecular complexity index is 181. The van der Waals surface area contributed by atoms with Crippen molar-refractivity contribution in [1.29, 1.82) is 0 Å². The van der Waals surface area contributed by atoms with E-state index in [2.05, 4.69) is 12.7 Å². The molecule has 2 nitrogen and oxygen atoms in total. The lowest BCUT2D eigenvalue weighted by molar-refractivity contribution is 0.131. The van der Waals surface area contributed by atoms with Crippen molar-refractivity contribution in [2.45, 2.75) is 58.0 Å². The molecule has 0 aromatic carbocycles. The number of hydrogen-bond donors (Lipinski definition) is 2. The lowest BCUT2D eigenvalue weighted by atomic mass is 10.1. The smallest absolute Gasteiger partial charge is 0.102 e. The van der Waals surface area contributed by atoms with Gasteiger partial charge in [-0.05, 0) is 25.0 Å². The standard InChI is InChI=1S/C13H24O2/c1-2-3-4-5-6-7-8-9-10-11-13(15)12-14/h9,11,13-15H,2-8,12H2,1H3/t10?,13-/m0/s1. The van der Waals surface area contributed by atoms with Gasteiger partial charge in [-0.15, -0.1) is 5.73 Å². The molecule has 0 spiro atoms. The summed E-state index contributed by atoms with van der Waals surface area (Å²) in [5.74, 6) is 0. The second-order valence-corrected chi connectivity index (χ2v) is 3.84. The van der Waals surface area contributed by atoms with Crippen molar-refractivity contribution in [3.8, 4) is 0 Å². The van der Waals surface area contributed by atoms with E-state index in [1.165, 1.54) is 44.6 Å². The predicted molar refractivity (Wildman–Crippen MR) is 63.7 cm³/mol. The summed E-state index contributed by atoms with van der Waals surface area (Å²) in [6.07, 6.45) is 11.5. The third-order valence-corrected chi connectivity index (χ3v) is 2.30. The molecular weight excluding hydrogens is 188 g/mol. The van der Waals surface area contributed by atoms with Gasteiger partial charge >= 0.3 is 0 Å². The van der Waals surface area contributed by atoms with Crippen LogP contribution in [0.3, 0.4) is 0 Å². The topological polar surface area (TPSA) is 40.5 Å². The molecule has 2 N–H and O–H groups in total. The number of aliphatic hydroxyl groups excluding tert-OH is 2. The van der Waals surface area contributed by atoms with Crippen LogP contribution in [0.2, 0.25) is 0 Å². The summed E-state index contributed by atoms with van der Waals surface area (Å²) < 4.78 is 0. The average molecular weight is 212 g/mol. The Labute approximate surface area is 93.3 Å². The summed E-state index contributed by atoms with van der Waals surface area (Å²) >= 11 is 0. The maximum Gasteiger partial charge on any atom is 0.102 e. The molecule has 88 valence electrons. The van der Waals surface area contributed by atoms with Crippen molar-refractivity contribution in [1.82, 2.24) is 0 Å². The lowest BCUT2D eigenvalue weighted by Gasteiger charge is -1.97. The second kappa shape index (κ2) is 11.5. The minimum absolute atomic E-state index is 0.224. The van der Waals surface area contributed by atoms with Gasteiger partial charge < -0.3 is 10.2 Å². The van der Waals surface area contributed by atoms with E-state index in [4.69, 9.17) is 10.2 Å². The first-order chi connectivity index (χ1) is 7.31. The Morgan fingerprint density at radius 3 is 2.47 bits per heavy atom. The second-order valence-electron chi connectivity index (χ2n) is 3.84. The number of unbranched alkanes of at least 4 members (excludes halogenated alkanes) is 6. The summed E-state index contributed by atoms with van der Waals surface area (Å²) in [6.45, 7) is 2.00. The van der Waals surface area contributed by atoms with Crippen LogP contribution in [-0.2, 0) is 0 Å². The first kappa shape index (κ1) is 14.4. The molecule has 0 aromatic heterocycles. The van der Waals surface area contributed by atoms with E-state index < -0.39 is 6.10 Å². The molecule has 0 unspecified atom stereocenters. The van der Waals surface area contributed by atoms with Crippen molar-refractivity contribution >= 4 is 0 Å². The average Bonchev–Trinajstić information content (AvgIpc) is 2.26. The maximum absolute atomic E-state index is 8.97. The van der Waals surface area contributed by atoms with Crippen molar-refractivity contribution < 1.29 is 10.2 Å². The van der Waals surface area contributed by atoms with E-state index in [1.807, 2.05) is 6.08 Å². The Hall–Kier alpha value is -0.560. The van der Waals surface area contributed by atoms with Crippen LogP contribution in [0.1, 0.15) is 51.9 Å². The molecule has 0 aliphatic heterocycles. The zero-order chi connectivity index (χ0) is 11.4. The fourth-order valence-electron chi connectivity index (χ4n) is 1.34. The van der Waals surface area contributed by atoms with Gasteiger partial charge in [0.05, 0.1) is 6.61 Å². The molecule has 2 heteroatoms. The van der Waals surface area contributed by atoms with Crippen LogP contribution in [0, 0.1) is 0 Å². The highest BCUT2D eigenvalue weighted by atomic mass is 16.3. The van der Waals surface area contributed by atoms with Gasteiger partial charge in [-0.1, -0.05) is 39.0 Å². The van der Waals surface area contributed by atoms with E-state index in [-0.39, 0.29) is 6.61 Å². The SMILES string of the molecule is CCCCCCCCC=C=C[C@H](O)CO. The van der Waals surface area contributed by atoms with Crippen LogP contribution in [0.4, 0.5) is 0 Å². The Morgan fingerprint density at radius 2 is 1.80 bits per heavy atom. The molecule has 0 aliphatic carbocycles. The molecule has 0 heterocycles. The Morgan fingerprint density at radius 1 is 1.13 bits per heavy atom. The van der Waals surface area contributed by atoms with Crippen molar-refractivity contribution in [3.63, 3.8) is 0 Å². The van der Waals surface area contributed by atoms with Crippen molar-refractivity contribution in [3.05, 3.63) is 17.9 Å². The molecular formula is C13H24O2. The summed E-state index contributed by atoms with van der Waals surface area (Å²) in [5.41, 5.74) is 2.88. The summed E-state index contributed by atoms with van der Waals surface area (Å²) in [4.78, 5) is 0. The zero-order valence-corrected chi connectivity index (χ0v) is 9.78. The largest absolute Gasteiger partial charge is 0.393 e. The van der Waals surface area contributed by atoms with Gasteiger partial charge in [0.25, 0.3) is 0 Å². The lowest BCUT2D eigenvalue weighted by Crippen LogP contribution is -2.06. The third-order valence-electron chi connectivity index (χ3n) is 2.30. The van der Waals surface area contributed by atoms with E-state index in [0.717, 1.165) is 6.42 Å². The fraction of sp³-hybridized carbons (Fsp3) is 0.769. The molecule has 0 bridgehead atoms. The van der Waals surface area contributed by atoms with Crippen molar-refractivity contribution in [2.75, 3.05) is 6.61 Å². The minimum atomic E-state index is -0.759. The molecule has 15 heavy (non-hydrogen) atoms. The number of aliphatic hydroxyl groups is 2. The first-order valence-corrected chi connectivity index (χ1v) is 6.01. The zero-order valence-electron chi connectivity index (χ0n) is 9.78. The molecule has 1 atom stereocenters. The highest BCUT2D eigenvalue weighted by Gasteiger charge is 1.91. The molecule has 0 rings (SSSR count). The normalized spacial score (nSPS) is 11.9. The molecule has 0 aliphatic rings. The summed E-state index contributed by atoms with van der Waals surface area (Å²) in [6, 6.07) is 0. The van der Waals surface area contributed by atoms with E-state index >= 15 is 0 Å². The molecule has 0 aromatic rings. The predicted octanol–water partition coefficient (Wildman–Crippen LogP) is 2.80. The van der Waals surface area contributed by atoms with Crippen LogP contribution in [0.5, 0.6) is 0 Å². The van der Waals surface area contributed by atoms with E-state index in [1.54, 1.807) is 0 Å². The molecule has 0 saturated heterocycles. The number of hydrogen-bond acceptors (Lipinski definition) is 2. The Kier molecular flexibility index (Phi) is 11.1. The summed E-state index contributed by atoms with van der Waals surface area (Å²) in [7, 11) is 0. The van der Waals surface area contributed by atoms with Gasteiger partial charge in [-0.2, -0.15) is 0 Å². The van der Waals surface area contributed by atoms with Crippen LogP contribution in [0.15, 0.2) is 17.9 Å². The van der Waals surface area contributed by atoms with Crippen LogP contribution in [0.25, 0.3) is 0 Å². The van der Waals surface area contributed by atoms with E-state index in [0.29, 0.717) is 0 Å². The third kappa shape index (κ3) is 11.4. The molecule has 0 fully saturated rings. The van der Waals surface area contributed by atoms with Gasteiger partial charge in [0.15, 0.2) is 0 Å². The van der Waals surface area contributed by atoms with E-state index in [9.17, 15) is 0 Å². The highest BCUT2D eigenvalue weighted by molar-refractivity contribution is 4.89. The van der Waals surface area contributed by atoms with Gasteiger partial charge in [0.2, 0.25) is 0 Å². The van der Waals surface area contributed by atoms with Crippen LogP contribution < -0.4 is 0 Å². The minimum Gasteiger partial charge on any atom is -0.393 e. The molecule has 0 amide bonds. The molecule has 0 radical (unpaired) electrons. The van der Waals surface area contributed by atoms with Crippen LogP contribution in [-0.4, -0.2) is 22.9 Å². The van der Waals surface area contributed by atoms with Gasteiger partial charge in [-0.25, -0.2) is 0 Å². The van der Waals surface area contributed by atoms with Crippen LogP contribution >= 0.6 is 0 Å². The van der Waals surface area contributed by atoms with Crippen molar-refractivity contribution in [2.24, 2.45) is 0 Å². The number of rotatable bonds is 9. The van der Waals surface area contributed by atoms with Gasteiger partial charge in [0, 0.05) is 0 Å². The monoisotopic (exact) mass is 212 g/mol. The van der Waals surface area contributed by atoms with Gasteiger partial charge in [0.1, 0.15) is 6.10 Å². The maximum atomic E-state index is 8.97. The first-order valence-electron chi connectivity index (χ1n) is 6.01. The highest BCUT2D eigenvalue weighted by Crippen LogP contribution is 2.06. The van der Waals surface area contributed by atoms with Gasteiger partial charge in [-0.3, -0.25) is 0 Å². The Balaban J connectivity index is 3.26.